The fraction of sp³-hybridized carbons (Fsp3) is 0.222. The normalized spacial score (nSPS) is 10.4. The second-order valence-corrected chi connectivity index (χ2v) is 5.18. The quantitative estimate of drug-likeness (QED) is 0.808. The summed E-state index contributed by atoms with van der Waals surface area (Å²) in [6.07, 6.45) is 0. The van der Waals surface area contributed by atoms with Crippen molar-refractivity contribution in [2.75, 3.05) is 18.5 Å². The van der Waals surface area contributed by atoms with Crippen LogP contribution in [0.1, 0.15) is 22.8 Å². The van der Waals surface area contributed by atoms with Gasteiger partial charge in [0, 0.05) is 29.5 Å². The number of ether oxygens (including phenoxy) is 1. The molecule has 132 valence electrons. The van der Waals surface area contributed by atoms with Gasteiger partial charge in [-0.2, -0.15) is 0 Å². The average molecular weight is 348 g/mol. The Hall–Kier alpha value is -2.80. The second-order valence-electron chi connectivity index (χ2n) is 5.18. The maximum atomic E-state index is 13.1. The van der Waals surface area contributed by atoms with E-state index in [1.807, 2.05) is 19.1 Å². The maximum Gasteiger partial charge on any atom is 0.251 e. The molecule has 0 fully saturated rings. The molecule has 0 bridgehead atoms. The van der Waals surface area contributed by atoms with Gasteiger partial charge in [0.25, 0.3) is 5.91 Å². The van der Waals surface area contributed by atoms with E-state index in [-0.39, 0.29) is 12.1 Å². The van der Waals surface area contributed by atoms with Crippen LogP contribution >= 0.6 is 0 Å². The summed E-state index contributed by atoms with van der Waals surface area (Å²) in [5, 5.41) is 4.99. The zero-order valence-electron chi connectivity index (χ0n) is 13.6. The topological polar surface area (TPSA) is 67.4 Å². The molecule has 2 aromatic carbocycles. The third-order valence-electron chi connectivity index (χ3n) is 3.29. The van der Waals surface area contributed by atoms with E-state index in [1.165, 1.54) is 0 Å². The first kappa shape index (κ1) is 18.5. The minimum atomic E-state index is -0.862. The fourth-order valence-electron chi connectivity index (χ4n) is 2.12. The molecule has 2 aromatic rings. The molecule has 0 saturated carbocycles. The smallest absolute Gasteiger partial charge is 0.251 e. The van der Waals surface area contributed by atoms with Crippen LogP contribution < -0.4 is 10.6 Å². The molecule has 2 amide bonds. The molecule has 0 radical (unpaired) electrons. The number of para-hydroxylation sites is 1. The lowest BCUT2D eigenvalue weighted by molar-refractivity contribution is -0.115. The Labute approximate surface area is 144 Å². The third-order valence-corrected chi connectivity index (χ3v) is 3.29. The number of amides is 2. The predicted octanol–water partition coefficient (Wildman–Crippen LogP) is 2.87. The molecule has 0 atom stereocenters. The van der Waals surface area contributed by atoms with Gasteiger partial charge in [0.15, 0.2) is 0 Å². The minimum Gasteiger partial charge on any atom is -0.377 e. The van der Waals surface area contributed by atoms with Gasteiger partial charge < -0.3 is 15.4 Å². The van der Waals surface area contributed by atoms with Gasteiger partial charge >= 0.3 is 0 Å². The lowest BCUT2D eigenvalue weighted by Crippen LogP contribution is -2.33. The van der Waals surface area contributed by atoms with Gasteiger partial charge in [-0.3, -0.25) is 9.59 Å². The van der Waals surface area contributed by atoms with Crippen LogP contribution in [-0.4, -0.2) is 25.0 Å². The Balaban J connectivity index is 1.93. The minimum absolute atomic E-state index is 0.193. The van der Waals surface area contributed by atoms with Crippen molar-refractivity contribution in [2.45, 2.75) is 13.5 Å². The molecule has 0 aliphatic carbocycles. The van der Waals surface area contributed by atoms with Crippen molar-refractivity contribution in [3.05, 3.63) is 65.2 Å². The van der Waals surface area contributed by atoms with Crippen LogP contribution in [0.2, 0.25) is 0 Å². The molecule has 2 N–H and O–H groups in total. The summed E-state index contributed by atoms with van der Waals surface area (Å²) in [7, 11) is 0. The molecule has 7 heteroatoms. The highest BCUT2D eigenvalue weighted by Gasteiger charge is 2.12. The molecule has 2 rings (SSSR count). The molecule has 25 heavy (non-hydrogen) atoms. The number of rotatable bonds is 7. The molecule has 0 spiro atoms. The monoisotopic (exact) mass is 348 g/mol. The number of carbonyl (C=O) groups excluding carboxylic acids is 2. The van der Waals surface area contributed by atoms with Crippen LogP contribution in [0.4, 0.5) is 14.5 Å². The molecule has 0 aliphatic heterocycles. The van der Waals surface area contributed by atoms with Crippen molar-refractivity contribution >= 4 is 17.5 Å². The van der Waals surface area contributed by atoms with E-state index in [0.29, 0.717) is 25.0 Å². The zero-order chi connectivity index (χ0) is 18.2. The number of benzene rings is 2. The molecule has 0 unspecified atom stereocenters. The molecule has 0 heterocycles. The summed E-state index contributed by atoms with van der Waals surface area (Å²) in [6, 6.07) is 9.58. The van der Waals surface area contributed by atoms with Crippen LogP contribution in [0.15, 0.2) is 42.5 Å². The predicted molar refractivity (Wildman–Crippen MR) is 89.1 cm³/mol. The standard InChI is InChI=1S/C18H18F2N2O3/c1-2-25-11-12-5-3-4-6-16(12)22-17(23)10-21-18(24)13-7-14(19)9-15(20)8-13/h3-9H,2,10-11H2,1H3,(H,21,24)(H,22,23). The first-order valence-electron chi connectivity index (χ1n) is 7.69. The highest BCUT2D eigenvalue weighted by molar-refractivity contribution is 5.99. The van der Waals surface area contributed by atoms with Gasteiger partial charge in [0.2, 0.25) is 5.91 Å². The summed E-state index contributed by atoms with van der Waals surface area (Å²) in [5.74, 6) is -2.93. The largest absolute Gasteiger partial charge is 0.377 e. The van der Waals surface area contributed by atoms with Crippen LogP contribution in [0.5, 0.6) is 0 Å². The molecule has 0 aromatic heterocycles. The Morgan fingerprint density at radius 1 is 1.08 bits per heavy atom. The number of halogens is 2. The summed E-state index contributed by atoms with van der Waals surface area (Å²) < 4.78 is 31.5. The van der Waals surface area contributed by atoms with Crippen molar-refractivity contribution < 1.29 is 23.1 Å². The lowest BCUT2D eigenvalue weighted by atomic mass is 10.2. The van der Waals surface area contributed by atoms with Gasteiger partial charge in [0.1, 0.15) is 11.6 Å². The number of nitrogens with one attached hydrogen (secondary N) is 2. The maximum absolute atomic E-state index is 13.1. The van der Waals surface area contributed by atoms with Crippen molar-refractivity contribution in [1.82, 2.24) is 5.32 Å². The highest BCUT2D eigenvalue weighted by Crippen LogP contribution is 2.16. The van der Waals surface area contributed by atoms with Crippen LogP contribution in [0.25, 0.3) is 0 Å². The first-order chi connectivity index (χ1) is 12.0. The molecule has 0 aliphatic rings. The summed E-state index contributed by atoms with van der Waals surface area (Å²) in [6.45, 7) is 2.43. The zero-order valence-corrected chi connectivity index (χ0v) is 13.6. The molecular formula is C18H18F2N2O3. The number of hydrogen-bond donors (Lipinski definition) is 2. The van der Waals surface area contributed by atoms with Gasteiger partial charge in [-0.15, -0.1) is 0 Å². The molecule has 5 nitrogen and oxygen atoms in total. The average Bonchev–Trinajstić information content (AvgIpc) is 2.58. The van der Waals surface area contributed by atoms with E-state index in [4.69, 9.17) is 4.74 Å². The lowest BCUT2D eigenvalue weighted by Gasteiger charge is -2.11. The Kier molecular flexibility index (Phi) is 6.59. The molecular weight excluding hydrogens is 330 g/mol. The molecule has 0 saturated heterocycles. The van der Waals surface area contributed by atoms with E-state index in [1.54, 1.807) is 12.1 Å². The Morgan fingerprint density at radius 2 is 1.76 bits per heavy atom. The summed E-state index contributed by atoms with van der Waals surface area (Å²) >= 11 is 0. The number of carbonyl (C=O) groups is 2. The van der Waals surface area contributed by atoms with Crippen molar-refractivity contribution in [2.24, 2.45) is 0 Å². The van der Waals surface area contributed by atoms with E-state index < -0.39 is 23.4 Å². The van der Waals surface area contributed by atoms with Crippen molar-refractivity contribution in [3.8, 4) is 0 Å². The number of anilines is 1. The number of hydrogen-bond acceptors (Lipinski definition) is 3. The second kappa shape index (κ2) is 8.89. The SMILES string of the molecule is CCOCc1ccccc1NC(=O)CNC(=O)c1cc(F)cc(F)c1. The van der Waals surface area contributed by atoms with Gasteiger partial charge in [0.05, 0.1) is 13.2 Å². The Bertz CT molecular complexity index is 745. The van der Waals surface area contributed by atoms with E-state index >= 15 is 0 Å². The first-order valence-corrected chi connectivity index (χ1v) is 7.69. The highest BCUT2D eigenvalue weighted by atomic mass is 19.1. The van der Waals surface area contributed by atoms with Crippen LogP contribution in [-0.2, 0) is 16.1 Å². The van der Waals surface area contributed by atoms with Crippen LogP contribution in [0.3, 0.4) is 0 Å². The van der Waals surface area contributed by atoms with Crippen LogP contribution in [0, 0.1) is 11.6 Å². The van der Waals surface area contributed by atoms with Crippen molar-refractivity contribution in [3.63, 3.8) is 0 Å². The Morgan fingerprint density at radius 3 is 2.44 bits per heavy atom. The van der Waals surface area contributed by atoms with E-state index in [9.17, 15) is 18.4 Å². The van der Waals surface area contributed by atoms with Gasteiger partial charge in [-0.05, 0) is 25.1 Å². The van der Waals surface area contributed by atoms with Crippen molar-refractivity contribution in [1.29, 1.82) is 0 Å². The van der Waals surface area contributed by atoms with Gasteiger partial charge in [-0.1, -0.05) is 18.2 Å². The third kappa shape index (κ3) is 5.65. The summed E-state index contributed by atoms with van der Waals surface area (Å²) in [5.41, 5.74) is 1.19. The van der Waals surface area contributed by atoms with E-state index in [2.05, 4.69) is 10.6 Å². The fourth-order valence-corrected chi connectivity index (χ4v) is 2.12. The summed E-state index contributed by atoms with van der Waals surface area (Å²) in [4.78, 5) is 23.9. The van der Waals surface area contributed by atoms with E-state index in [0.717, 1.165) is 17.7 Å². The van der Waals surface area contributed by atoms with Gasteiger partial charge in [-0.25, -0.2) is 8.78 Å².